The largest absolute Gasteiger partial charge is 0.415 e. The third-order valence-corrected chi connectivity index (χ3v) is 7.91. The van der Waals surface area contributed by atoms with Gasteiger partial charge in [-0.1, -0.05) is 5.16 Å². The molecule has 33 heavy (non-hydrogen) atoms. The molecule has 0 aromatic rings. The van der Waals surface area contributed by atoms with Crippen LogP contribution in [0, 0.1) is 0 Å². The third kappa shape index (κ3) is 16.8. The summed E-state index contributed by atoms with van der Waals surface area (Å²) in [5, 5.41) is 6.95. The van der Waals surface area contributed by atoms with Gasteiger partial charge in [0.15, 0.2) is 33.3 Å². The van der Waals surface area contributed by atoms with Gasteiger partial charge in [0.25, 0.3) is 0 Å². The summed E-state index contributed by atoms with van der Waals surface area (Å²) in [4.78, 5) is 17.1. The summed E-state index contributed by atoms with van der Waals surface area (Å²) in [5.41, 5.74) is 0. The summed E-state index contributed by atoms with van der Waals surface area (Å²) < 4.78 is 26.5. The van der Waals surface area contributed by atoms with E-state index in [1.54, 1.807) is 6.21 Å². The van der Waals surface area contributed by atoms with Crippen LogP contribution in [0.4, 0.5) is 0 Å². The van der Waals surface area contributed by atoms with Gasteiger partial charge < -0.3 is 27.9 Å². The lowest BCUT2D eigenvalue weighted by molar-refractivity contribution is -0.120. The Morgan fingerprint density at radius 1 is 0.788 bits per heavy atom. The van der Waals surface area contributed by atoms with Gasteiger partial charge in [-0.25, -0.2) is 0 Å². The maximum absolute atomic E-state index is 12.1. The van der Waals surface area contributed by atoms with E-state index in [2.05, 4.69) is 89.0 Å². The van der Waals surface area contributed by atoms with Crippen molar-refractivity contribution in [3.8, 4) is 0 Å². The first-order chi connectivity index (χ1) is 14.6. The lowest BCUT2D eigenvalue weighted by Crippen LogP contribution is -2.61. The topological polar surface area (TPSA) is 87.6 Å². The molecular weight excluding hydrogens is 489 g/mol. The molecule has 0 aromatic carbocycles. The first-order valence-electron chi connectivity index (χ1n) is 11.6. The van der Waals surface area contributed by atoms with E-state index in [-0.39, 0.29) is 12.0 Å². The minimum atomic E-state index is -2.07. The number of amides is 1. The molecule has 4 atom stereocenters. The van der Waals surface area contributed by atoms with Crippen molar-refractivity contribution >= 4 is 45.4 Å². The molecule has 0 bridgehead atoms. The molecule has 0 radical (unpaired) electrons. The van der Waals surface area contributed by atoms with Crippen molar-refractivity contribution in [1.29, 1.82) is 0 Å². The molecule has 0 aliphatic rings. The van der Waals surface area contributed by atoms with Crippen molar-refractivity contribution in [3.63, 3.8) is 0 Å². The molecule has 12 heteroatoms. The average Bonchev–Trinajstić information content (AvgIpc) is 2.55. The van der Waals surface area contributed by atoms with Crippen LogP contribution in [0.1, 0.15) is 6.92 Å². The molecule has 1 amide bonds. The SMILES string of the molecule is CO/N=C\C(NC(C)=O)C(O[Si](C)(C)C)C(O[Si](C)(C)C)C(CO[Si](C)(C)C)O[Si](C)(C)C. The van der Waals surface area contributed by atoms with E-state index >= 15 is 0 Å². The Hall–Kier alpha value is -0.352. The molecule has 0 aromatic heterocycles. The minimum Gasteiger partial charge on any atom is -0.415 e. The predicted molar refractivity (Wildman–Crippen MR) is 147 cm³/mol. The maximum Gasteiger partial charge on any atom is 0.217 e. The Morgan fingerprint density at radius 2 is 1.24 bits per heavy atom. The molecule has 0 aliphatic carbocycles. The monoisotopic (exact) mass is 538 g/mol. The van der Waals surface area contributed by atoms with E-state index in [4.69, 9.17) is 22.5 Å². The van der Waals surface area contributed by atoms with Crippen molar-refractivity contribution < 1.29 is 27.3 Å². The first-order valence-corrected chi connectivity index (χ1v) is 25.3. The van der Waals surface area contributed by atoms with E-state index in [0.717, 1.165) is 0 Å². The molecule has 1 N–H and O–H groups in total. The fourth-order valence-corrected chi connectivity index (χ4v) is 7.04. The van der Waals surface area contributed by atoms with Crippen LogP contribution in [-0.2, 0) is 27.3 Å². The second kappa shape index (κ2) is 13.1. The summed E-state index contributed by atoms with van der Waals surface area (Å²) in [5.74, 6) is -0.181. The molecular formula is C21H50N2O6Si4. The molecule has 0 spiro atoms. The zero-order chi connectivity index (χ0) is 26.3. The lowest BCUT2D eigenvalue weighted by atomic mass is 10.0. The van der Waals surface area contributed by atoms with E-state index < -0.39 is 51.5 Å². The van der Waals surface area contributed by atoms with Gasteiger partial charge in [-0.2, -0.15) is 0 Å². The Balaban J connectivity index is 6.64. The summed E-state index contributed by atoms with van der Waals surface area (Å²) >= 11 is 0. The normalized spacial score (nSPS) is 17.5. The summed E-state index contributed by atoms with van der Waals surface area (Å²) in [7, 11) is -6.43. The van der Waals surface area contributed by atoms with Crippen molar-refractivity contribution in [1.82, 2.24) is 5.32 Å². The predicted octanol–water partition coefficient (Wildman–Crippen LogP) is 4.64. The number of hydrogen-bond acceptors (Lipinski definition) is 7. The van der Waals surface area contributed by atoms with Crippen LogP contribution < -0.4 is 5.32 Å². The minimum absolute atomic E-state index is 0.181. The van der Waals surface area contributed by atoms with Gasteiger partial charge in [0.1, 0.15) is 7.11 Å². The first kappa shape index (κ1) is 32.6. The van der Waals surface area contributed by atoms with E-state index in [0.29, 0.717) is 6.61 Å². The number of hydrogen-bond donors (Lipinski definition) is 1. The van der Waals surface area contributed by atoms with Crippen molar-refractivity contribution in [2.24, 2.45) is 5.16 Å². The molecule has 0 fully saturated rings. The average molecular weight is 539 g/mol. The quantitative estimate of drug-likeness (QED) is 0.186. The molecule has 0 saturated carbocycles. The van der Waals surface area contributed by atoms with E-state index in [9.17, 15) is 4.79 Å². The van der Waals surface area contributed by atoms with Crippen LogP contribution in [-0.4, -0.2) is 83.5 Å². The highest BCUT2D eigenvalue weighted by Gasteiger charge is 2.43. The fraction of sp³-hybridized carbons (Fsp3) is 0.905. The molecule has 8 nitrogen and oxygen atoms in total. The second-order valence-electron chi connectivity index (χ2n) is 12.2. The van der Waals surface area contributed by atoms with Crippen LogP contribution in [0.25, 0.3) is 0 Å². The van der Waals surface area contributed by atoms with Crippen molar-refractivity contribution in [2.75, 3.05) is 13.7 Å². The molecule has 0 saturated heterocycles. The highest BCUT2D eigenvalue weighted by Crippen LogP contribution is 2.26. The number of nitrogens with one attached hydrogen (secondary N) is 1. The molecule has 0 rings (SSSR count). The maximum atomic E-state index is 12.1. The van der Waals surface area contributed by atoms with Gasteiger partial charge in [0.05, 0.1) is 37.2 Å². The van der Waals surface area contributed by atoms with Gasteiger partial charge in [-0.05, 0) is 78.6 Å². The van der Waals surface area contributed by atoms with E-state index in [1.165, 1.54) is 14.0 Å². The zero-order valence-corrected chi connectivity index (χ0v) is 27.5. The van der Waals surface area contributed by atoms with Crippen LogP contribution in [0.5, 0.6) is 0 Å². The number of carbonyl (C=O) groups excluding carboxylic acids is 1. The Labute approximate surface area is 206 Å². The Bertz CT molecular complexity index is 624. The third-order valence-electron chi connectivity index (χ3n) is 3.91. The van der Waals surface area contributed by atoms with Crippen LogP contribution in [0.3, 0.4) is 0 Å². The highest BCUT2D eigenvalue weighted by atomic mass is 28.4. The number of carbonyl (C=O) groups is 1. The van der Waals surface area contributed by atoms with Crippen LogP contribution in [0.2, 0.25) is 78.6 Å². The zero-order valence-electron chi connectivity index (χ0n) is 23.5. The van der Waals surface area contributed by atoms with Gasteiger partial charge in [-0.15, -0.1) is 0 Å². The fourth-order valence-electron chi connectivity index (χ4n) is 3.06. The standard InChI is InChI=1S/C21H50N2O6Si4/c1-17(24)23-18(15-22-25-2)20(28-32(9,10)11)21(29-33(12,13)14)19(27-31(6,7)8)16-26-30(3,4)5/h15,18-21H,16H2,1-14H3,(H,23,24)/b22-15-. The summed E-state index contributed by atoms with van der Waals surface area (Å²) in [6.45, 7) is 27.7. The summed E-state index contributed by atoms with van der Waals surface area (Å²) in [6.07, 6.45) is 0.269. The van der Waals surface area contributed by atoms with Crippen LogP contribution >= 0.6 is 0 Å². The molecule has 0 aliphatic heterocycles. The Morgan fingerprint density at radius 3 is 1.61 bits per heavy atom. The van der Waals surface area contributed by atoms with Crippen molar-refractivity contribution in [3.05, 3.63) is 0 Å². The number of oxime groups is 1. The van der Waals surface area contributed by atoms with Gasteiger partial charge in [0.2, 0.25) is 5.91 Å². The van der Waals surface area contributed by atoms with Crippen LogP contribution in [0.15, 0.2) is 5.16 Å². The molecule has 196 valence electrons. The van der Waals surface area contributed by atoms with Crippen molar-refractivity contribution in [2.45, 2.75) is 110 Å². The molecule has 4 unspecified atom stereocenters. The Kier molecular flexibility index (Phi) is 13.0. The second-order valence-corrected chi connectivity index (χ2v) is 30.1. The summed E-state index contributed by atoms with van der Waals surface area (Å²) in [6, 6.07) is -0.546. The van der Waals surface area contributed by atoms with Gasteiger partial charge >= 0.3 is 0 Å². The van der Waals surface area contributed by atoms with E-state index in [1.807, 2.05) is 0 Å². The lowest BCUT2D eigenvalue weighted by Gasteiger charge is -2.44. The smallest absolute Gasteiger partial charge is 0.217 e. The van der Waals surface area contributed by atoms with Gasteiger partial charge in [0, 0.05) is 6.92 Å². The van der Waals surface area contributed by atoms with Gasteiger partial charge in [-0.3, -0.25) is 4.79 Å². The highest BCUT2D eigenvalue weighted by molar-refractivity contribution is 6.71. The number of nitrogens with zero attached hydrogens (tertiary/aromatic N) is 1. The molecule has 0 heterocycles. The number of rotatable bonds is 15.